The zero-order chi connectivity index (χ0) is 17.2. The molecule has 0 radical (unpaired) electrons. The number of H-pyrrole nitrogens is 1. The number of halogens is 2. The third-order valence-corrected chi connectivity index (χ3v) is 4.28. The summed E-state index contributed by atoms with van der Waals surface area (Å²) >= 11 is 0. The minimum absolute atomic E-state index is 0.258. The summed E-state index contributed by atoms with van der Waals surface area (Å²) in [6.45, 7) is 1.28. The molecule has 2 heterocycles. The molecule has 1 atom stereocenters. The first-order valence-electron chi connectivity index (χ1n) is 8.22. The van der Waals surface area contributed by atoms with Crippen LogP contribution in [0.2, 0.25) is 0 Å². The number of likely N-dealkylation sites (tertiary alicyclic amines) is 1. The standard InChI is InChI=1S/C18H21F2N3O/c1-18(19,20)11-16(24)23-10-6-5-9-15(23)17-21-12-14(22-17)13-7-3-2-4-8-13/h2-4,7-8,12,15H,5-6,9-11H2,1H3,(H,21,22). The van der Waals surface area contributed by atoms with Gasteiger partial charge in [-0.05, 0) is 31.7 Å². The number of aromatic nitrogens is 2. The Balaban J connectivity index is 1.81. The molecule has 1 saturated heterocycles. The highest BCUT2D eigenvalue weighted by atomic mass is 19.3. The molecule has 0 saturated carbocycles. The molecule has 128 valence electrons. The van der Waals surface area contributed by atoms with E-state index in [2.05, 4.69) is 9.97 Å². The van der Waals surface area contributed by atoms with E-state index in [1.165, 1.54) is 0 Å². The van der Waals surface area contributed by atoms with Crippen LogP contribution in [0.3, 0.4) is 0 Å². The molecule has 1 aromatic heterocycles. The molecular formula is C18H21F2N3O. The van der Waals surface area contributed by atoms with E-state index in [0.29, 0.717) is 12.4 Å². The maximum atomic E-state index is 13.2. The summed E-state index contributed by atoms with van der Waals surface area (Å²) in [5.74, 6) is -2.83. The van der Waals surface area contributed by atoms with Gasteiger partial charge < -0.3 is 9.88 Å². The van der Waals surface area contributed by atoms with Gasteiger partial charge in [-0.15, -0.1) is 0 Å². The SMILES string of the molecule is CC(F)(F)CC(=O)N1CCCCC1c1ncc(-c2ccccc2)[nH]1. The number of alkyl halides is 2. The number of aromatic amines is 1. The molecule has 1 aliphatic heterocycles. The average molecular weight is 333 g/mol. The Morgan fingerprint density at radius 2 is 2.08 bits per heavy atom. The number of benzene rings is 1. The maximum Gasteiger partial charge on any atom is 0.254 e. The van der Waals surface area contributed by atoms with Crippen LogP contribution < -0.4 is 0 Å². The van der Waals surface area contributed by atoms with Crippen LogP contribution in [-0.2, 0) is 4.79 Å². The molecule has 24 heavy (non-hydrogen) atoms. The summed E-state index contributed by atoms with van der Waals surface area (Å²) in [6, 6.07) is 9.50. The van der Waals surface area contributed by atoms with Crippen LogP contribution in [-0.4, -0.2) is 33.2 Å². The first kappa shape index (κ1) is 16.6. The van der Waals surface area contributed by atoms with Crippen molar-refractivity contribution in [3.05, 3.63) is 42.4 Å². The van der Waals surface area contributed by atoms with Gasteiger partial charge in [0.2, 0.25) is 5.91 Å². The summed E-state index contributed by atoms with van der Waals surface area (Å²) in [5.41, 5.74) is 1.87. The van der Waals surface area contributed by atoms with E-state index >= 15 is 0 Å². The fourth-order valence-corrected chi connectivity index (χ4v) is 3.15. The number of hydrogen-bond donors (Lipinski definition) is 1. The number of carbonyl (C=O) groups is 1. The lowest BCUT2D eigenvalue weighted by atomic mass is 10.0. The molecule has 1 unspecified atom stereocenters. The van der Waals surface area contributed by atoms with Crippen LogP contribution in [0.4, 0.5) is 8.78 Å². The van der Waals surface area contributed by atoms with Crippen molar-refractivity contribution in [2.75, 3.05) is 6.54 Å². The fourth-order valence-electron chi connectivity index (χ4n) is 3.15. The van der Waals surface area contributed by atoms with Gasteiger partial charge in [-0.1, -0.05) is 30.3 Å². The third kappa shape index (κ3) is 3.80. The Hall–Kier alpha value is -2.24. The molecule has 1 aromatic carbocycles. The highest BCUT2D eigenvalue weighted by Gasteiger charge is 2.34. The van der Waals surface area contributed by atoms with Crippen LogP contribution in [0.15, 0.2) is 36.5 Å². The van der Waals surface area contributed by atoms with Crippen molar-refractivity contribution in [3.63, 3.8) is 0 Å². The lowest BCUT2D eigenvalue weighted by molar-refractivity contribution is -0.141. The Morgan fingerprint density at radius 1 is 1.33 bits per heavy atom. The molecule has 6 heteroatoms. The quantitative estimate of drug-likeness (QED) is 0.912. The first-order valence-corrected chi connectivity index (χ1v) is 8.22. The highest BCUT2D eigenvalue weighted by Crippen LogP contribution is 2.32. The minimum Gasteiger partial charge on any atom is -0.340 e. The topological polar surface area (TPSA) is 49.0 Å². The van der Waals surface area contributed by atoms with Crippen molar-refractivity contribution < 1.29 is 13.6 Å². The van der Waals surface area contributed by atoms with Gasteiger partial charge in [0.1, 0.15) is 5.82 Å². The molecule has 2 aromatic rings. The largest absolute Gasteiger partial charge is 0.340 e. The third-order valence-electron chi connectivity index (χ3n) is 4.28. The molecule has 0 bridgehead atoms. The second-order valence-electron chi connectivity index (χ2n) is 6.39. The van der Waals surface area contributed by atoms with Crippen LogP contribution in [0.1, 0.15) is 44.5 Å². The van der Waals surface area contributed by atoms with Crippen LogP contribution in [0, 0.1) is 0 Å². The van der Waals surface area contributed by atoms with Crippen LogP contribution >= 0.6 is 0 Å². The van der Waals surface area contributed by atoms with Gasteiger partial charge in [0.25, 0.3) is 5.92 Å². The maximum absolute atomic E-state index is 13.2. The Kier molecular flexibility index (Phi) is 4.64. The summed E-state index contributed by atoms with van der Waals surface area (Å²) in [7, 11) is 0. The van der Waals surface area contributed by atoms with Crippen molar-refractivity contribution in [2.24, 2.45) is 0 Å². The van der Waals surface area contributed by atoms with E-state index in [1.807, 2.05) is 30.3 Å². The fraction of sp³-hybridized carbons (Fsp3) is 0.444. The summed E-state index contributed by atoms with van der Waals surface area (Å²) < 4.78 is 26.4. The summed E-state index contributed by atoms with van der Waals surface area (Å²) in [5, 5.41) is 0. The number of amides is 1. The normalized spacial score (nSPS) is 18.6. The molecule has 1 amide bonds. The number of rotatable bonds is 4. The molecular weight excluding hydrogens is 312 g/mol. The van der Waals surface area contributed by atoms with Crippen molar-refractivity contribution in [1.29, 1.82) is 0 Å². The lowest BCUT2D eigenvalue weighted by Crippen LogP contribution is -2.41. The van der Waals surface area contributed by atoms with Gasteiger partial charge in [0, 0.05) is 6.54 Å². The predicted molar refractivity (Wildman–Crippen MR) is 87.6 cm³/mol. The number of hydrogen-bond acceptors (Lipinski definition) is 2. The predicted octanol–water partition coefficient (Wildman–Crippen LogP) is 4.18. The average Bonchev–Trinajstić information content (AvgIpc) is 3.04. The number of nitrogens with zero attached hydrogens (tertiary/aromatic N) is 2. The van der Waals surface area contributed by atoms with Crippen molar-refractivity contribution in [2.45, 2.75) is 44.6 Å². The summed E-state index contributed by atoms with van der Waals surface area (Å²) in [4.78, 5) is 21.5. The second-order valence-corrected chi connectivity index (χ2v) is 6.39. The zero-order valence-electron chi connectivity index (χ0n) is 13.6. The van der Waals surface area contributed by atoms with E-state index in [9.17, 15) is 13.6 Å². The minimum atomic E-state index is -2.99. The second kappa shape index (κ2) is 6.71. The molecule has 1 N–H and O–H groups in total. The van der Waals surface area contributed by atoms with Crippen LogP contribution in [0.5, 0.6) is 0 Å². The van der Waals surface area contributed by atoms with Gasteiger partial charge in [-0.3, -0.25) is 4.79 Å². The highest BCUT2D eigenvalue weighted by molar-refractivity contribution is 5.77. The number of carbonyl (C=O) groups excluding carboxylic acids is 1. The van der Waals surface area contributed by atoms with Crippen molar-refractivity contribution in [1.82, 2.24) is 14.9 Å². The molecule has 4 nitrogen and oxygen atoms in total. The van der Waals surface area contributed by atoms with Crippen LogP contribution in [0.25, 0.3) is 11.3 Å². The number of nitrogens with one attached hydrogen (secondary N) is 1. The van der Waals surface area contributed by atoms with Crippen molar-refractivity contribution >= 4 is 5.91 Å². The Morgan fingerprint density at radius 3 is 2.79 bits per heavy atom. The Bertz CT molecular complexity index is 694. The lowest BCUT2D eigenvalue weighted by Gasteiger charge is -2.35. The monoisotopic (exact) mass is 333 g/mol. The van der Waals surface area contributed by atoms with E-state index in [1.54, 1.807) is 11.1 Å². The van der Waals surface area contributed by atoms with E-state index in [4.69, 9.17) is 0 Å². The van der Waals surface area contributed by atoms with E-state index in [-0.39, 0.29) is 6.04 Å². The molecule has 0 aliphatic carbocycles. The molecule has 0 spiro atoms. The van der Waals surface area contributed by atoms with Gasteiger partial charge in [-0.25, -0.2) is 13.8 Å². The van der Waals surface area contributed by atoms with Gasteiger partial charge in [0.05, 0.1) is 24.4 Å². The number of piperidine rings is 1. The van der Waals surface area contributed by atoms with Gasteiger partial charge in [0.15, 0.2) is 0 Å². The first-order chi connectivity index (χ1) is 11.4. The van der Waals surface area contributed by atoms with E-state index < -0.39 is 18.3 Å². The molecule has 1 fully saturated rings. The Labute approximate surface area is 139 Å². The zero-order valence-corrected chi connectivity index (χ0v) is 13.6. The van der Waals surface area contributed by atoms with Crippen molar-refractivity contribution in [3.8, 4) is 11.3 Å². The number of imidazole rings is 1. The van der Waals surface area contributed by atoms with Gasteiger partial charge in [-0.2, -0.15) is 0 Å². The van der Waals surface area contributed by atoms with Gasteiger partial charge >= 0.3 is 0 Å². The molecule has 1 aliphatic rings. The summed E-state index contributed by atoms with van der Waals surface area (Å²) in [6.07, 6.45) is 3.51. The van der Waals surface area contributed by atoms with E-state index in [0.717, 1.165) is 37.4 Å². The molecule has 3 rings (SSSR count). The smallest absolute Gasteiger partial charge is 0.254 e.